The molecule has 14 heavy (non-hydrogen) atoms. The van der Waals surface area contributed by atoms with Gasteiger partial charge in [0.15, 0.2) is 0 Å². The van der Waals surface area contributed by atoms with Crippen LogP contribution in [0, 0.1) is 5.92 Å². The van der Waals surface area contributed by atoms with E-state index in [1.54, 1.807) is 6.20 Å². The SMILES string of the molecule is Clc1cncnc1NCC1CCCC1. The van der Waals surface area contributed by atoms with Crippen LogP contribution < -0.4 is 5.32 Å². The predicted molar refractivity (Wildman–Crippen MR) is 57.5 cm³/mol. The molecule has 0 spiro atoms. The molecule has 4 heteroatoms. The Morgan fingerprint density at radius 3 is 2.93 bits per heavy atom. The summed E-state index contributed by atoms with van der Waals surface area (Å²) in [4.78, 5) is 7.93. The molecule has 1 N–H and O–H groups in total. The van der Waals surface area contributed by atoms with E-state index >= 15 is 0 Å². The fraction of sp³-hybridized carbons (Fsp3) is 0.600. The third-order valence-electron chi connectivity index (χ3n) is 2.70. The maximum atomic E-state index is 5.92. The molecule has 1 aromatic rings. The van der Waals surface area contributed by atoms with Crippen molar-refractivity contribution in [3.05, 3.63) is 17.5 Å². The number of hydrogen-bond acceptors (Lipinski definition) is 3. The summed E-state index contributed by atoms with van der Waals surface area (Å²) < 4.78 is 0. The summed E-state index contributed by atoms with van der Waals surface area (Å²) in [6.45, 7) is 0.983. The Kier molecular flexibility index (Phi) is 3.19. The quantitative estimate of drug-likeness (QED) is 0.836. The van der Waals surface area contributed by atoms with Crippen LogP contribution in [0.3, 0.4) is 0 Å². The Balaban J connectivity index is 1.88. The first kappa shape index (κ1) is 9.71. The number of rotatable bonds is 3. The van der Waals surface area contributed by atoms with E-state index in [1.807, 2.05) is 0 Å². The standard InChI is InChI=1S/C10H14ClN3/c11-9-6-12-7-14-10(9)13-5-8-3-1-2-4-8/h6-8H,1-5H2,(H,12,13,14). The number of nitrogens with one attached hydrogen (secondary N) is 1. The highest BCUT2D eigenvalue weighted by Gasteiger charge is 2.14. The van der Waals surface area contributed by atoms with E-state index < -0.39 is 0 Å². The van der Waals surface area contributed by atoms with Crippen LogP contribution in [0.5, 0.6) is 0 Å². The molecule has 0 amide bonds. The lowest BCUT2D eigenvalue weighted by atomic mass is 10.1. The van der Waals surface area contributed by atoms with Gasteiger partial charge in [0.1, 0.15) is 17.2 Å². The summed E-state index contributed by atoms with van der Waals surface area (Å²) in [6, 6.07) is 0. The molecule has 0 radical (unpaired) electrons. The molecule has 0 aliphatic heterocycles. The van der Waals surface area contributed by atoms with Crippen molar-refractivity contribution in [1.29, 1.82) is 0 Å². The molecule has 1 aliphatic carbocycles. The molecular weight excluding hydrogens is 198 g/mol. The number of aromatic nitrogens is 2. The lowest BCUT2D eigenvalue weighted by Gasteiger charge is -2.11. The summed E-state index contributed by atoms with van der Waals surface area (Å²) >= 11 is 5.92. The van der Waals surface area contributed by atoms with Gasteiger partial charge in [-0.25, -0.2) is 9.97 Å². The molecule has 76 valence electrons. The van der Waals surface area contributed by atoms with Gasteiger partial charge in [0.05, 0.1) is 6.20 Å². The van der Waals surface area contributed by atoms with Crippen LogP contribution in [-0.2, 0) is 0 Å². The molecule has 1 heterocycles. The van der Waals surface area contributed by atoms with Gasteiger partial charge in [-0.15, -0.1) is 0 Å². The van der Waals surface area contributed by atoms with Crippen LogP contribution in [0.1, 0.15) is 25.7 Å². The van der Waals surface area contributed by atoms with Gasteiger partial charge in [-0.3, -0.25) is 0 Å². The van der Waals surface area contributed by atoms with Crippen LogP contribution in [0.2, 0.25) is 5.02 Å². The molecule has 1 saturated carbocycles. The van der Waals surface area contributed by atoms with Crippen molar-refractivity contribution in [2.24, 2.45) is 5.92 Å². The van der Waals surface area contributed by atoms with Crippen LogP contribution in [0.15, 0.2) is 12.5 Å². The second kappa shape index (κ2) is 4.60. The molecule has 0 aromatic carbocycles. The lowest BCUT2D eigenvalue weighted by Crippen LogP contribution is -2.12. The van der Waals surface area contributed by atoms with Crippen molar-refractivity contribution in [2.75, 3.05) is 11.9 Å². The van der Waals surface area contributed by atoms with Crippen molar-refractivity contribution in [3.63, 3.8) is 0 Å². The molecule has 0 unspecified atom stereocenters. The third-order valence-corrected chi connectivity index (χ3v) is 2.98. The Morgan fingerprint density at radius 2 is 2.21 bits per heavy atom. The number of nitrogens with zero attached hydrogens (tertiary/aromatic N) is 2. The van der Waals surface area contributed by atoms with E-state index in [4.69, 9.17) is 11.6 Å². The normalized spacial score (nSPS) is 17.2. The minimum absolute atomic E-state index is 0.602. The fourth-order valence-electron chi connectivity index (χ4n) is 1.90. The van der Waals surface area contributed by atoms with Crippen molar-refractivity contribution in [3.8, 4) is 0 Å². The molecule has 3 nitrogen and oxygen atoms in total. The Morgan fingerprint density at radius 1 is 1.43 bits per heavy atom. The van der Waals surface area contributed by atoms with E-state index in [1.165, 1.54) is 32.0 Å². The zero-order valence-electron chi connectivity index (χ0n) is 8.04. The molecule has 0 saturated heterocycles. The van der Waals surface area contributed by atoms with Crippen molar-refractivity contribution in [1.82, 2.24) is 9.97 Å². The molecule has 2 rings (SSSR count). The first-order chi connectivity index (χ1) is 6.86. The summed E-state index contributed by atoms with van der Waals surface area (Å²) in [6.07, 6.45) is 8.52. The predicted octanol–water partition coefficient (Wildman–Crippen LogP) is 2.73. The Bertz CT molecular complexity index is 297. The Labute approximate surface area is 88.9 Å². The maximum absolute atomic E-state index is 5.92. The average molecular weight is 212 g/mol. The summed E-state index contributed by atoms with van der Waals surface area (Å²) in [5, 5.41) is 3.87. The largest absolute Gasteiger partial charge is 0.368 e. The summed E-state index contributed by atoms with van der Waals surface area (Å²) in [5.41, 5.74) is 0. The van der Waals surface area contributed by atoms with Gasteiger partial charge in [0.25, 0.3) is 0 Å². The minimum Gasteiger partial charge on any atom is -0.368 e. The van der Waals surface area contributed by atoms with Gasteiger partial charge in [-0.05, 0) is 18.8 Å². The summed E-state index contributed by atoms with van der Waals surface area (Å²) in [5.74, 6) is 1.55. The Hall–Kier alpha value is -0.830. The van der Waals surface area contributed by atoms with Crippen LogP contribution in [0.4, 0.5) is 5.82 Å². The van der Waals surface area contributed by atoms with E-state index in [0.29, 0.717) is 5.02 Å². The third kappa shape index (κ3) is 2.35. The van der Waals surface area contributed by atoms with Crippen LogP contribution >= 0.6 is 11.6 Å². The molecule has 1 fully saturated rings. The lowest BCUT2D eigenvalue weighted by molar-refractivity contribution is 0.579. The topological polar surface area (TPSA) is 37.8 Å². The minimum atomic E-state index is 0.602. The van der Waals surface area contributed by atoms with Crippen LogP contribution in [0.25, 0.3) is 0 Å². The first-order valence-electron chi connectivity index (χ1n) is 5.05. The molecular formula is C10H14ClN3. The monoisotopic (exact) mass is 211 g/mol. The first-order valence-corrected chi connectivity index (χ1v) is 5.43. The van der Waals surface area contributed by atoms with E-state index in [0.717, 1.165) is 18.3 Å². The smallest absolute Gasteiger partial charge is 0.148 e. The van der Waals surface area contributed by atoms with Crippen molar-refractivity contribution in [2.45, 2.75) is 25.7 Å². The highest BCUT2D eigenvalue weighted by atomic mass is 35.5. The van der Waals surface area contributed by atoms with Gasteiger partial charge < -0.3 is 5.32 Å². The van der Waals surface area contributed by atoms with Crippen LogP contribution in [-0.4, -0.2) is 16.5 Å². The molecule has 0 bridgehead atoms. The van der Waals surface area contributed by atoms with E-state index in [-0.39, 0.29) is 0 Å². The summed E-state index contributed by atoms with van der Waals surface area (Å²) in [7, 11) is 0. The number of halogens is 1. The molecule has 0 atom stereocenters. The van der Waals surface area contributed by atoms with Gasteiger partial charge >= 0.3 is 0 Å². The highest BCUT2D eigenvalue weighted by Crippen LogP contribution is 2.25. The average Bonchev–Trinajstić information content (AvgIpc) is 2.69. The highest BCUT2D eigenvalue weighted by molar-refractivity contribution is 6.32. The number of anilines is 1. The van der Waals surface area contributed by atoms with Crippen molar-refractivity contribution >= 4 is 17.4 Å². The fourth-order valence-corrected chi connectivity index (χ4v) is 2.07. The zero-order chi connectivity index (χ0) is 9.80. The van der Waals surface area contributed by atoms with Crippen molar-refractivity contribution < 1.29 is 0 Å². The maximum Gasteiger partial charge on any atom is 0.148 e. The number of hydrogen-bond donors (Lipinski definition) is 1. The van der Waals surface area contributed by atoms with Gasteiger partial charge in [0.2, 0.25) is 0 Å². The molecule has 1 aliphatic rings. The van der Waals surface area contributed by atoms with Gasteiger partial charge in [-0.1, -0.05) is 24.4 Å². The van der Waals surface area contributed by atoms with Gasteiger partial charge in [0, 0.05) is 6.54 Å². The zero-order valence-corrected chi connectivity index (χ0v) is 8.80. The van der Waals surface area contributed by atoms with Gasteiger partial charge in [-0.2, -0.15) is 0 Å². The second-order valence-corrected chi connectivity index (χ2v) is 4.16. The van der Waals surface area contributed by atoms with E-state index in [9.17, 15) is 0 Å². The molecule has 1 aromatic heterocycles. The van der Waals surface area contributed by atoms with E-state index in [2.05, 4.69) is 15.3 Å². The second-order valence-electron chi connectivity index (χ2n) is 3.75.